The van der Waals surface area contributed by atoms with Crippen molar-refractivity contribution in [2.45, 2.75) is 40.2 Å². The molecule has 0 amide bonds. The predicted octanol–water partition coefficient (Wildman–Crippen LogP) is 2.90. The fraction of sp³-hybridized carbons (Fsp3) is 0.438. The molecule has 0 spiro atoms. The van der Waals surface area contributed by atoms with Crippen LogP contribution in [0.2, 0.25) is 0 Å². The van der Waals surface area contributed by atoms with Crippen molar-refractivity contribution in [2.24, 2.45) is 0 Å². The number of benzene rings is 1. The van der Waals surface area contributed by atoms with Gasteiger partial charge in [0.05, 0.1) is 11.1 Å². The zero-order chi connectivity index (χ0) is 14.9. The fourth-order valence-corrected chi connectivity index (χ4v) is 2.89. The number of fused-ring (bicyclic) bond motifs is 1. The fourth-order valence-electron chi connectivity index (χ4n) is 2.89. The quantitative estimate of drug-likeness (QED) is 0.882. The van der Waals surface area contributed by atoms with E-state index in [1.165, 1.54) is 5.56 Å². The van der Waals surface area contributed by atoms with Crippen LogP contribution >= 0.6 is 0 Å². The van der Waals surface area contributed by atoms with Gasteiger partial charge in [0, 0.05) is 24.7 Å². The van der Waals surface area contributed by atoms with Crippen LogP contribution in [0, 0.1) is 13.8 Å². The highest BCUT2D eigenvalue weighted by Gasteiger charge is 2.18. The Labute approximate surface area is 118 Å². The van der Waals surface area contributed by atoms with Gasteiger partial charge in [0.1, 0.15) is 0 Å². The van der Waals surface area contributed by atoms with Crippen molar-refractivity contribution in [1.29, 1.82) is 0 Å². The Balaban J connectivity index is 2.76. The molecule has 20 heavy (non-hydrogen) atoms. The van der Waals surface area contributed by atoms with Gasteiger partial charge in [-0.2, -0.15) is 0 Å². The molecule has 1 aromatic carbocycles. The Kier molecular flexibility index (Phi) is 4.14. The summed E-state index contributed by atoms with van der Waals surface area (Å²) >= 11 is 0. The average molecular weight is 275 g/mol. The number of aromatic carboxylic acids is 1. The first kappa shape index (κ1) is 14.6. The molecule has 0 radical (unpaired) electrons. The zero-order valence-electron chi connectivity index (χ0n) is 12.2. The molecule has 0 unspecified atom stereocenters. The van der Waals surface area contributed by atoms with Crippen LogP contribution in [0.3, 0.4) is 0 Å². The minimum atomic E-state index is -0.877. The molecule has 2 aromatic rings. The highest BCUT2D eigenvalue weighted by molar-refractivity contribution is 5.99. The number of aliphatic hydroxyl groups excluding tert-OH is 1. The molecule has 108 valence electrons. The molecular formula is C16H21NO3. The summed E-state index contributed by atoms with van der Waals surface area (Å²) in [6.07, 6.45) is 3.66. The van der Waals surface area contributed by atoms with E-state index in [9.17, 15) is 9.90 Å². The molecule has 0 aliphatic carbocycles. The molecule has 2 N–H and O–H groups in total. The lowest BCUT2D eigenvalue weighted by molar-refractivity contribution is 0.0696. The summed E-state index contributed by atoms with van der Waals surface area (Å²) < 4.78 is 2.14. The average Bonchev–Trinajstić information content (AvgIpc) is 2.79. The molecule has 1 heterocycles. The van der Waals surface area contributed by atoms with Crippen molar-refractivity contribution in [2.75, 3.05) is 6.61 Å². The van der Waals surface area contributed by atoms with Gasteiger partial charge in [-0.1, -0.05) is 6.92 Å². The summed E-state index contributed by atoms with van der Waals surface area (Å²) in [7, 11) is 0. The van der Waals surface area contributed by atoms with Gasteiger partial charge in [0.15, 0.2) is 0 Å². The van der Waals surface area contributed by atoms with Crippen LogP contribution < -0.4 is 0 Å². The third-order valence-electron chi connectivity index (χ3n) is 3.84. The van der Waals surface area contributed by atoms with Crippen molar-refractivity contribution < 1.29 is 15.0 Å². The van der Waals surface area contributed by atoms with Crippen molar-refractivity contribution in [3.63, 3.8) is 0 Å². The lowest BCUT2D eigenvalue weighted by Crippen LogP contribution is -2.04. The number of carboxylic acid groups (broad SMARTS) is 1. The first-order chi connectivity index (χ1) is 9.51. The Hall–Kier alpha value is -1.81. The number of hydrogen-bond acceptors (Lipinski definition) is 2. The number of carbonyl (C=O) groups is 1. The van der Waals surface area contributed by atoms with Crippen LogP contribution in [-0.2, 0) is 13.0 Å². The molecule has 0 bridgehead atoms. The van der Waals surface area contributed by atoms with E-state index in [0.717, 1.165) is 35.0 Å². The summed E-state index contributed by atoms with van der Waals surface area (Å²) in [4.78, 5) is 11.4. The topological polar surface area (TPSA) is 62.5 Å². The van der Waals surface area contributed by atoms with Gasteiger partial charge in [0.2, 0.25) is 0 Å². The van der Waals surface area contributed by atoms with E-state index in [1.54, 1.807) is 6.07 Å². The maximum atomic E-state index is 11.4. The van der Waals surface area contributed by atoms with Gasteiger partial charge in [0.25, 0.3) is 0 Å². The SMILES string of the molecule is CCc1cn(CCCO)c2c(C)cc(C(=O)O)c(C)c12. The monoisotopic (exact) mass is 275 g/mol. The minimum absolute atomic E-state index is 0.159. The lowest BCUT2D eigenvalue weighted by Gasteiger charge is -2.10. The van der Waals surface area contributed by atoms with E-state index in [-0.39, 0.29) is 6.61 Å². The number of aryl methyl sites for hydroxylation is 4. The van der Waals surface area contributed by atoms with Gasteiger partial charge in [-0.3, -0.25) is 0 Å². The van der Waals surface area contributed by atoms with Crippen molar-refractivity contribution in [1.82, 2.24) is 4.57 Å². The summed E-state index contributed by atoms with van der Waals surface area (Å²) in [5.74, 6) is -0.877. The van der Waals surface area contributed by atoms with E-state index in [2.05, 4.69) is 17.7 Å². The molecule has 0 fully saturated rings. The molecular weight excluding hydrogens is 254 g/mol. The van der Waals surface area contributed by atoms with Crippen molar-refractivity contribution in [3.8, 4) is 0 Å². The second-order valence-electron chi connectivity index (χ2n) is 5.17. The van der Waals surface area contributed by atoms with Crippen LogP contribution in [0.15, 0.2) is 12.3 Å². The maximum Gasteiger partial charge on any atom is 0.335 e. The number of aromatic nitrogens is 1. The Morgan fingerprint density at radius 1 is 1.35 bits per heavy atom. The second kappa shape index (κ2) is 5.67. The summed E-state index contributed by atoms with van der Waals surface area (Å²) in [5.41, 5.74) is 4.45. The third-order valence-corrected chi connectivity index (χ3v) is 3.84. The van der Waals surface area contributed by atoms with E-state index in [4.69, 9.17) is 5.11 Å². The molecule has 4 heteroatoms. The molecule has 1 aromatic heterocycles. The highest BCUT2D eigenvalue weighted by atomic mass is 16.4. The van der Waals surface area contributed by atoms with Crippen molar-refractivity contribution >= 4 is 16.9 Å². The van der Waals surface area contributed by atoms with E-state index in [0.29, 0.717) is 12.0 Å². The first-order valence-corrected chi connectivity index (χ1v) is 6.97. The number of hydrogen-bond donors (Lipinski definition) is 2. The maximum absolute atomic E-state index is 11.4. The van der Waals surface area contributed by atoms with E-state index < -0.39 is 5.97 Å². The molecule has 0 aliphatic rings. The van der Waals surface area contributed by atoms with Gasteiger partial charge < -0.3 is 14.8 Å². The van der Waals surface area contributed by atoms with Gasteiger partial charge in [-0.15, -0.1) is 0 Å². The lowest BCUT2D eigenvalue weighted by atomic mass is 9.97. The molecule has 0 saturated carbocycles. The molecule has 0 atom stereocenters. The Morgan fingerprint density at radius 2 is 2.05 bits per heavy atom. The van der Waals surface area contributed by atoms with E-state index in [1.807, 2.05) is 13.8 Å². The Morgan fingerprint density at radius 3 is 2.60 bits per heavy atom. The number of rotatable bonds is 5. The standard InChI is InChI=1S/C16H21NO3/c1-4-12-9-17(6-5-7-18)15-10(2)8-13(16(19)20)11(3)14(12)15/h8-9,18H,4-7H2,1-3H3,(H,19,20). The molecule has 0 saturated heterocycles. The van der Waals surface area contributed by atoms with Crippen LogP contribution in [0.5, 0.6) is 0 Å². The molecule has 0 aliphatic heterocycles. The summed E-state index contributed by atoms with van der Waals surface area (Å²) in [6.45, 7) is 6.81. The first-order valence-electron chi connectivity index (χ1n) is 6.97. The van der Waals surface area contributed by atoms with Crippen LogP contribution in [0.1, 0.15) is 40.4 Å². The Bertz CT molecular complexity index is 656. The van der Waals surface area contributed by atoms with Crippen LogP contribution in [-0.4, -0.2) is 27.4 Å². The molecule has 4 nitrogen and oxygen atoms in total. The summed E-state index contributed by atoms with van der Waals surface area (Å²) in [5, 5.41) is 19.4. The van der Waals surface area contributed by atoms with Gasteiger partial charge in [-0.25, -0.2) is 4.79 Å². The third kappa shape index (κ3) is 2.31. The van der Waals surface area contributed by atoms with Gasteiger partial charge in [-0.05, 0) is 49.4 Å². The smallest absolute Gasteiger partial charge is 0.335 e. The predicted molar refractivity (Wildman–Crippen MR) is 79.5 cm³/mol. The van der Waals surface area contributed by atoms with E-state index >= 15 is 0 Å². The van der Waals surface area contributed by atoms with Crippen molar-refractivity contribution in [3.05, 3.63) is 34.5 Å². The zero-order valence-corrected chi connectivity index (χ0v) is 12.2. The number of carboxylic acids is 1. The number of nitrogens with zero attached hydrogens (tertiary/aromatic N) is 1. The van der Waals surface area contributed by atoms with Crippen LogP contribution in [0.25, 0.3) is 10.9 Å². The van der Waals surface area contributed by atoms with Crippen LogP contribution in [0.4, 0.5) is 0 Å². The summed E-state index contributed by atoms with van der Waals surface area (Å²) in [6, 6.07) is 1.74. The largest absolute Gasteiger partial charge is 0.478 e. The highest BCUT2D eigenvalue weighted by Crippen LogP contribution is 2.31. The normalized spacial score (nSPS) is 11.2. The van der Waals surface area contributed by atoms with Gasteiger partial charge >= 0.3 is 5.97 Å². The molecule has 2 rings (SSSR count). The second-order valence-corrected chi connectivity index (χ2v) is 5.17. The number of aliphatic hydroxyl groups is 1. The minimum Gasteiger partial charge on any atom is -0.478 e.